The largest absolute Gasteiger partial charge is 0.455 e. The highest BCUT2D eigenvalue weighted by Crippen LogP contribution is 2.51. The Morgan fingerprint density at radius 1 is 0.439 bits per heavy atom. The van der Waals surface area contributed by atoms with Crippen LogP contribution < -0.4 is 4.90 Å². The molecule has 0 atom stereocenters. The van der Waals surface area contributed by atoms with Crippen molar-refractivity contribution in [2.75, 3.05) is 4.90 Å². The molecule has 0 saturated heterocycles. The quantitative estimate of drug-likeness (QED) is 0.169. The summed E-state index contributed by atoms with van der Waals surface area (Å²) in [5.74, 6) is 0. The molecule has 2 nitrogen and oxygen atoms in total. The maximum Gasteiger partial charge on any atom is 0.143 e. The van der Waals surface area contributed by atoms with Crippen molar-refractivity contribution in [1.29, 1.82) is 0 Å². The normalized spacial score (nSPS) is 13.9. The zero-order chi connectivity index (χ0) is 41.6. The van der Waals surface area contributed by atoms with E-state index in [-0.39, 0.29) is 40.8 Å². The van der Waals surface area contributed by atoms with Crippen LogP contribution in [-0.2, 0) is 5.41 Å². The lowest BCUT2D eigenvalue weighted by Gasteiger charge is -2.28. The van der Waals surface area contributed by atoms with E-state index in [0.29, 0.717) is 11.3 Å². The van der Waals surface area contributed by atoms with E-state index in [1.165, 1.54) is 11.1 Å². The Hall–Kier alpha value is -7.16. The van der Waals surface area contributed by atoms with E-state index in [2.05, 4.69) is 92.7 Å². The number of rotatable bonds is 6. The number of furan rings is 1. The topological polar surface area (TPSA) is 16.4 Å². The van der Waals surface area contributed by atoms with Gasteiger partial charge in [-0.25, -0.2) is 0 Å². The van der Waals surface area contributed by atoms with Gasteiger partial charge in [0, 0.05) is 38.6 Å². The third kappa shape index (κ3) is 5.40. The Balaban J connectivity index is 1.07. The van der Waals surface area contributed by atoms with Gasteiger partial charge in [0.05, 0.1) is 5.48 Å². The van der Waals surface area contributed by atoms with E-state index in [9.17, 15) is 5.48 Å². The third-order valence-electron chi connectivity index (χ3n) is 11.8. The molecule has 9 aromatic carbocycles. The van der Waals surface area contributed by atoms with Gasteiger partial charge in [-0.3, -0.25) is 0 Å². The molecule has 0 saturated carbocycles. The number of benzene rings is 9. The predicted octanol–water partition coefficient (Wildman–Crippen LogP) is 15.5. The monoisotopic (exact) mass is 733 g/mol. The average molecular weight is 734 g/mol. The molecular formula is C55H39NO. The van der Waals surface area contributed by atoms with Crippen LogP contribution in [0.5, 0.6) is 0 Å². The lowest BCUT2D eigenvalue weighted by Crippen LogP contribution is -2.16. The zero-order valence-electron chi connectivity index (χ0n) is 35.6. The Bertz CT molecular complexity index is 3340. The van der Waals surface area contributed by atoms with E-state index in [1.807, 2.05) is 102 Å². The van der Waals surface area contributed by atoms with Crippen molar-refractivity contribution in [3.05, 3.63) is 211 Å². The highest BCUT2D eigenvalue weighted by atomic mass is 16.3. The minimum atomic E-state index is -0.292. The van der Waals surface area contributed by atoms with Crippen LogP contribution in [0.1, 0.15) is 30.5 Å². The maximum atomic E-state index is 9.61. The zero-order valence-corrected chi connectivity index (χ0v) is 31.6. The van der Waals surface area contributed by atoms with E-state index in [1.54, 1.807) is 0 Å². The molecule has 1 aliphatic carbocycles. The predicted molar refractivity (Wildman–Crippen MR) is 240 cm³/mol. The fourth-order valence-corrected chi connectivity index (χ4v) is 8.85. The summed E-state index contributed by atoms with van der Waals surface area (Å²) in [7, 11) is 0. The van der Waals surface area contributed by atoms with Gasteiger partial charge >= 0.3 is 0 Å². The average Bonchev–Trinajstić information content (AvgIpc) is 3.80. The summed E-state index contributed by atoms with van der Waals surface area (Å²) in [5.41, 5.74) is 12.8. The molecule has 0 bridgehead atoms. The van der Waals surface area contributed by atoms with E-state index < -0.39 is 0 Å². The smallest absolute Gasteiger partial charge is 0.143 e. The molecule has 0 spiro atoms. The standard InChI is InChI=1S/C55H39NO/c1-55(2)50-17-9-8-15-47(50)48-34-32-44(35-51(48)55)56(42-28-23-39(24-29-42)38-21-19-37(20-22-38)36-11-4-3-5-12-36)43-30-25-41(26-31-43)45-16-10-18-52-53(45)49-33-27-40-13-6-7-14-46(40)54(49)57-52/h3-35H,1-2H3/i23D,24D,28D,29D. The van der Waals surface area contributed by atoms with Crippen LogP contribution in [0.2, 0.25) is 0 Å². The van der Waals surface area contributed by atoms with Crippen LogP contribution in [0.25, 0.3) is 77.2 Å². The van der Waals surface area contributed by atoms with Gasteiger partial charge in [-0.2, -0.15) is 0 Å². The molecule has 0 N–H and O–H groups in total. The summed E-state index contributed by atoms with van der Waals surface area (Å²) in [4.78, 5) is 1.89. The molecule has 11 rings (SSSR count). The van der Waals surface area contributed by atoms with Crippen molar-refractivity contribution in [3.8, 4) is 44.5 Å². The minimum Gasteiger partial charge on any atom is -0.455 e. The SMILES string of the molecule is [2H]c1c([2H])c(N(c2ccc(-c3cccc4oc5c6ccccc6ccc5c34)cc2)c2ccc3c(c2)C(C)(C)c2ccccc2-3)c([2H])c([2H])c1-c1ccc(-c2ccccc2)cc1. The van der Waals surface area contributed by atoms with Crippen LogP contribution in [0.3, 0.4) is 0 Å². The van der Waals surface area contributed by atoms with Crippen LogP contribution >= 0.6 is 0 Å². The van der Waals surface area contributed by atoms with Crippen LogP contribution in [0.15, 0.2) is 205 Å². The summed E-state index contributed by atoms with van der Waals surface area (Å²) in [6, 6.07) is 59.1. The molecule has 1 aliphatic rings. The molecule has 57 heavy (non-hydrogen) atoms. The molecule has 10 aromatic rings. The molecule has 1 aromatic heterocycles. The lowest BCUT2D eigenvalue weighted by molar-refractivity contribution is 0.660. The molecule has 0 fully saturated rings. The fourth-order valence-electron chi connectivity index (χ4n) is 8.85. The van der Waals surface area contributed by atoms with Gasteiger partial charge in [0.1, 0.15) is 11.2 Å². The summed E-state index contributed by atoms with van der Waals surface area (Å²) >= 11 is 0. The summed E-state index contributed by atoms with van der Waals surface area (Å²) < 4.78 is 44.6. The first kappa shape index (κ1) is 29.2. The number of nitrogens with zero attached hydrogens (tertiary/aromatic N) is 1. The van der Waals surface area contributed by atoms with E-state index in [4.69, 9.17) is 4.42 Å². The second-order valence-electron chi connectivity index (χ2n) is 15.4. The van der Waals surface area contributed by atoms with Crippen molar-refractivity contribution in [3.63, 3.8) is 0 Å². The molecule has 0 amide bonds. The highest BCUT2D eigenvalue weighted by molar-refractivity contribution is 6.19. The van der Waals surface area contributed by atoms with Crippen molar-refractivity contribution in [1.82, 2.24) is 0 Å². The van der Waals surface area contributed by atoms with Gasteiger partial charge in [-0.1, -0.05) is 165 Å². The van der Waals surface area contributed by atoms with Gasteiger partial charge in [-0.05, 0) is 110 Å². The number of hydrogen-bond acceptors (Lipinski definition) is 2. The second-order valence-corrected chi connectivity index (χ2v) is 15.4. The Morgan fingerprint density at radius 3 is 1.88 bits per heavy atom. The Morgan fingerprint density at radius 2 is 1.07 bits per heavy atom. The maximum absolute atomic E-state index is 9.61. The van der Waals surface area contributed by atoms with Crippen molar-refractivity contribution < 1.29 is 9.90 Å². The first-order valence-electron chi connectivity index (χ1n) is 21.4. The van der Waals surface area contributed by atoms with Crippen LogP contribution in [-0.4, -0.2) is 0 Å². The second kappa shape index (κ2) is 13.0. The van der Waals surface area contributed by atoms with Crippen molar-refractivity contribution in [2.45, 2.75) is 19.3 Å². The van der Waals surface area contributed by atoms with E-state index >= 15 is 0 Å². The first-order chi connectivity index (χ1) is 29.7. The molecule has 2 heteroatoms. The summed E-state index contributed by atoms with van der Waals surface area (Å²) in [5, 5.41) is 4.29. The van der Waals surface area contributed by atoms with Crippen molar-refractivity contribution >= 4 is 49.8 Å². The minimum absolute atomic E-state index is 0.0926. The molecule has 270 valence electrons. The van der Waals surface area contributed by atoms with Gasteiger partial charge < -0.3 is 9.32 Å². The number of fused-ring (bicyclic) bond motifs is 8. The van der Waals surface area contributed by atoms with E-state index in [0.717, 1.165) is 71.8 Å². The van der Waals surface area contributed by atoms with Crippen LogP contribution in [0, 0.1) is 0 Å². The molecule has 1 heterocycles. The summed E-state index contributed by atoms with van der Waals surface area (Å²) in [6.45, 7) is 4.47. The molecular weight excluding hydrogens is 691 g/mol. The fraction of sp³-hybridized carbons (Fsp3) is 0.0545. The van der Waals surface area contributed by atoms with Gasteiger partial charge in [-0.15, -0.1) is 0 Å². The Kier molecular flexibility index (Phi) is 6.64. The highest BCUT2D eigenvalue weighted by Gasteiger charge is 2.35. The van der Waals surface area contributed by atoms with Crippen molar-refractivity contribution in [2.24, 2.45) is 0 Å². The lowest BCUT2D eigenvalue weighted by atomic mass is 9.82. The first-order valence-corrected chi connectivity index (χ1v) is 19.4. The van der Waals surface area contributed by atoms with Gasteiger partial charge in [0.25, 0.3) is 0 Å². The Labute approximate surface area is 338 Å². The summed E-state index contributed by atoms with van der Waals surface area (Å²) in [6.07, 6.45) is 0. The van der Waals surface area contributed by atoms with Crippen LogP contribution in [0.4, 0.5) is 17.1 Å². The van der Waals surface area contributed by atoms with Gasteiger partial charge in [0.2, 0.25) is 0 Å². The molecule has 0 unspecified atom stereocenters. The number of anilines is 3. The van der Waals surface area contributed by atoms with Gasteiger partial charge in [0.15, 0.2) is 0 Å². The number of hydrogen-bond donors (Lipinski definition) is 0. The third-order valence-corrected chi connectivity index (χ3v) is 11.8. The molecule has 0 radical (unpaired) electrons. The molecule has 0 aliphatic heterocycles.